The second-order valence-electron chi connectivity index (χ2n) is 3.19. The van der Waals surface area contributed by atoms with Crippen LogP contribution in [0.15, 0.2) is 27.6 Å². The van der Waals surface area contributed by atoms with E-state index in [9.17, 15) is 0 Å². The fourth-order valence-electron chi connectivity index (χ4n) is 1.84. The molecule has 2 rings (SSSR count). The number of rotatable bonds is 1. The summed E-state index contributed by atoms with van der Waals surface area (Å²) in [6, 6.07) is 8.77. The standard InChI is InChI=1S/C11H11.2ClH.Hf/c1-2-9-7-8-10-5-3-4-6-11(9)10;;;/h3-6,8-9H,2H2,1H3;2*1H;/q;;;+2/p-2. The first kappa shape index (κ1) is 14.4. The maximum absolute atomic E-state index is 2.37. The molecule has 0 bridgehead atoms. The maximum Gasteiger partial charge on any atom is -1.00 e. The van der Waals surface area contributed by atoms with Gasteiger partial charge in [0.25, 0.3) is 0 Å². The van der Waals surface area contributed by atoms with Gasteiger partial charge in [0.1, 0.15) is 0 Å². The molecule has 1 aromatic carbocycles. The summed E-state index contributed by atoms with van der Waals surface area (Å²) < 4.78 is 1.65. The fraction of sp³-hybridized carbons (Fsp3) is 0.273. The van der Waals surface area contributed by atoms with Crippen molar-refractivity contribution < 1.29 is 49.2 Å². The molecular formula is C11H11Cl2Hf. The number of allylic oxidation sites excluding steroid dienone is 1. The third-order valence-electron chi connectivity index (χ3n) is 2.47. The van der Waals surface area contributed by atoms with Crippen molar-refractivity contribution in [2.45, 2.75) is 19.3 Å². The van der Waals surface area contributed by atoms with Gasteiger partial charge in [0.2, 0.25) is 0 Å². The molecule has 73 valence electrons. The Hall–Kier alpha value is 0.410. The summed E-state index contributed by atoms with van der Waals surface area (Å²) in [5.41, 5.74) is 3.00. The number of fused-ring (bicyclic) bond motifs is 1. The SMILES string of the molecule is CCC1[C]([Hf+2])=Cc2ccccc21.[Cl-].[Cl-]. The van der Waals surface area contributed by atoms with Gasteiger partial charge >= 0.3 is 88.4 Å². The molecule has 0 radical (unpaired) electrons. The van der Waals surface area contributed by atoms with E-state index < -0.39 is 0 Å². The molecule has 1 aliphatic rings. The Morgan fingerprint density at radius 3 is 2.50 bits per heavy atom. The van der Waals surface area contributed by atoms with Crippen LogP contribution in [0.5, 0.6) is 0 Å². The van der Waals surface area contributed by atoms with E-state index in [1.807, 2.05) is 0 Å². The van der Waals surface area contributed by atoms with Crippen LogP contribution in [0, 0.1) is 0 Å². The molecule has 0 saturated carbocycles. The molecule has 0 amide bonds. The Bertz CT molecular complexity index is 334. The van der Waals surface area contributed by atoms with E-state index in [-0.39, 0.29) is 24.8 Å². The van der Waals surface area contributed by atoms with Gasteiger partial charge in [-0.1, -0.05) is 0 Å². The molecule has 0 heterocycles. The minimum absolute atomic E-state index is 0. The van der Waals surface area contributed by atoms with Crippen molar-refractivity contribution in [1.82, 2.24) is 0 Å². The van der Waals surface area contributed by atoms with Gasteiger partial charge < -0.3 is 24.8 Å². The van der Waals surface area contributed by atoms with Crippen molar-refractivity contribution in [3.8, 4) is 0 Å². The Labute approximate surface area is 113 Å². The first-order chi connectivity index (χ1) is 5.83. The molecule has 0 aromatic heterocycles. The van der Waals surface area contributed by atoms with Gasteiger partial charge in [-0.25, -0.2) is 0 Å². The number of halogens is 2. The summed E-state index contributed by atoms with van der Waals surface area (Å²) in [6.07, 6.45) is 3.63. The molecular weight excluding hydrogens is 382 g/mol. The van der Waals surface area contributed by atoms with Gasteiger partial charge in [-0.2, -0.15) is 0 Å². The van der Waals surface area contributed by atoms with Crippen LogP contribution in [0.4, 0.5) is 0 Å². The van der Waals surface area contributed by atoms with E-state index in [2.05, 4.69) is 37.3 Å². The van der Waals surface area contributed by atoms with Crippen LogP contribution >= 0.6 is 0 Å². The number of benzene rings is 1. The van der Waals surface area contributed by atoms with E-state index in [0.717, 1.165) is 5.92 Å². The molecule has 1 aromatic rings. The number of hydrogen-bond donors (Lipinski definition) is 0. The average molecular weight is 393 g/mol. The largest absolute Gasteiger partial charge is 1.00 e. The molecule has 0 saturated heterocycles. The van der Waals surface area contributed by atoms with Gasteiger partial charge in [-0.3, -0.25) is 0 Å². The Kier molecular flexibility index (Phi) is 6.27. The van der Waals surface area contributed by atoms with Crippen LogP contribution in [-0.2, 0) is 24.4 Å². The minimum Gasteiger partial charge on any atom is -1.00 e. The van der Waals surface area contributed by atoms with E-state index >= 15 is 0 Å². The topological polar surface area (TPSA) is 0 Å². The van der Waals surface area contributed by atoms with Crippen LogP contribution in [0.3, 0.4) is 0 Å². The van der Waals surface area contributed by atoms with Gasteiger partial charge in [0, 0.05) is 0 Å². The molecule has 0 spiro atoms. The van der Waals surface area contributed by atoms with Gasteiger partial charge in [-0.05, 0) is 0 Å². The van der Waals surface area contributed by atoms with Gasteiger partial charge in [0.15, 0.2) is 0 Å². The normalized spacial score (nSPS) is 17.6. The predicted octanol–water partition coefficient (Wildman–Crippen LogP) is -2.91. The van der Waals surface area contributed by atoms with Crippen LogP contribution in [0.2, 0.25) is 0 Å². The minimum atomic E-state index is 0. The summed E-state index contributed by atoms with van der Waals surface area (Å²) in [4.78, 5) is 0. The van der Waals surface area contributed by atoms with Gasteiger partial charge in [0.05, 0.1) is 0 Å². The quantitative estimate of drug-likeness (QED) is 0.450. The first-order valence-electron chi connectivity index (χ1n) is 4.35. The van der Waals surface area contributed by atoms with Crippen LogP contribution in [0.1, 0.15) is 30.4 Å². The van der Waals surface area contributed by atoms with Crippen molar-refractivity contribution in [2.75, 3.05) is 0 Å². The average Bonchev–Trinajstić information content (AvgIpc) is 2.40. The van der Waals surface area contributed by atoms with Crippen LogP contribution in [-0.4, -0.2) is 0 Å². The number of hydrogen-bond acceptors (Lipinski definition) is 0. The van der Waals surface area contributed by atoms with Crippen LogP contribution in [0.25, 0.3) is 6.08 Å². The van der Waals surface area contributed by atoms with E-state index in [1.54, 1.807) is 8.89 Å². The molecule has 0 fully saturated rings. The molecule has 0 aliphatic heterocycles. The summed E-state index contributed by atoms with van der Waals surface area (Å²) >= 11 is 1.21. The van der Waals surface area contributed by atoms with Crippen molar-refractivity contribution >= 4 is 6.08 Å². The maximum atomic E-state index is 2.37. The van der Waals surface area contributed by atoms with Crippen molar-refractivity contribution in [3.05, 3.63) is 38.7 Å². The Morgan fingerprint density at radius 1 is 1.21 bits per heavy atom. The molecule has 0 nitrogen and oxygen atoms in total. The third kappa shape index (κ3) is 2.50. The van der Waals surface area contributed by atoms with Crippen LogP contribution < -0.4 is 24.8 Å². The third-order valence-corrected chi connectivity index (χ3v) is 4.24. The summed E-state index contributed by atoms with van der Waals surface area (Å²) in [5.74, 6) is 0.743. The van der Waals surface area contributed by atoms with Crippen molar-refractivity contribution in [2.24, 2.45) is 0 Å². The predicted molar refractivity (Wildman–Crippen MR) is 47.5 cm³/mol. The molecule has 3 heteroatoms. The second-order valence-corrected chi connectivity index (χ2v) is 5.26. The van der Waals surface area contributed by atoms with E-state index in [0.29, 0.717) is 0 Å². The summed E-state index contributed by atoms with van der Waals surface area (Å²) in [7, 11) is 0. The zero-order chi connectivity index (χ0) is 8.55. The zero-order valence-electron chi connectivity index (χ0n) is 7.93. The second kappa shape index (κ2) is 6.09. The van der Waals surface area contributed by atoms with Crippen molar-refractivity contribution in [1.29, 1.82) is 0 Å². The Balaban J connectivity index is 0.000000845. The zero-order valence-corrected chi connectivity index (χ0v) is 13.0. The molecule has 1 unspecified atom stereocenters. The van der Waals surface area contributed by atoms with Gasteiger partial charge in [-0.15, -0.1) is 0 Å². The monoisotopic (exact) mass is 393 g/mol. The molecule has 14 heavy (non-hydrogen) atoms. The molecule has 1 aliphatic carbocycles. The summed E-state index contributed by atoms with van der Waals surface area (Å²) in [6.45, 7) is 2.28. The fourth-order valence-corrected chi connectivity index (χ4v) is 3.69. The molecule has 0 N–H and O–H groups in total. The molecule has 1 atom stereocenters. The Morgan fingerprint density at radius 2 is 1.86 bits per heavy atom. The smallest absolute Gasteiger partial charge is 1.00 e. The summed E-state index contributed by atoms with van der Waals surface area (Å²) in [5, 5.41) is 0. The first-order valence-corrected chi connectivity index (χ1v) is 6.14. The van der Waals surface area contributed by atoms with E-state index in [4.69, 9.17) is 0 Å². The van der Waals surface area contributed by atoms with E-state index in [1.165, 1.54) is 36.4 Å². The van der Waals surface area contributed by atoms with Crippen molar-refractivity contribution in [3.63, 3.8) is 0 Å².